The molecule has 2 aromatic rings. The Morgan fingerprint density at radius 3 is 2.65 bits per heavy atom. The van der Waals surface area contributed by atoms with Crippen molar-refractivity contribution in [1.82, 2.24) is 9.21 Å². The van der Waals surface area contributed by atoms with E-state index in [2.05, 4.69) is 30.2 Å². The minimum atomic E-state index is -3.81. The number of hydrogen-bond acceptors (Lipinski definition) is 5. The van der Waals surface area contributed by atoms with Gasteiger partial charge in [0.2, 0.25) is 10.0 Å². The molecule has 0 amide bonds. The van der Waals surface area contributed by atoms with Gasteiger partial charge in [-0.25, -0.2) is 8.42 Å². The molecule has 6 nitrogen and oxygen atoms in total. The summed E-state index contributed by atoms with van der Waals surface area (Å²) in [6, 6.07) is 15.2. The van der Waals surface area contributed by atoms with Crippen LogP contribution in [-0.4, -0.2) is 61.6 Å². The third kappa shape index (κ3) is 5.38. The van der Waals surface area contributed by atoms with E-state index in [4.69, 9.17) is 4.74 Å². The monoisotopic (exact) mass is 484 g/mol. The molecule has 0 spiro atoms. The molecular formula is C27H36N2O4S. The average Bonchev–Trinajstić information content (AvgIpc) is 3.36. The van der Waals surface area contributed by atoms with Crippen LogP contribution in [0.1, 0.15) is 44.2 Å². The van der Waals surface area contributed by atoms with Crippen molar-refractivity contribution in [3.05, 3.63) is 65.7 Å². The van der Waals surface area contributed by atoms with E-state index in [1.807, 2.05) is 37.3 Å². The summed E-state index contributed by atoms with van der Waals surface area (Å²) in [6.45, 7) is 5.28. The van der Waals surface area contributed by atoms with Gasteiger partial charge in [0.05, 0.1) is 6.61 Å². The highest BCUT2D eigenvalue weighted by atomic mass is 32.2. The molecular weight excluding hydrogens is 448 g/mol. The zero-order valence-corrected chi connectivity index (χ0v) is 21.2. The summed E-state index contributed by atoms with van der Waals surface area (Å²) >= 11 is 0. The maximum absolute atomic E-state index is 13.6. The fourth-order valence-electron chi connectivity index (χ4n) is 4.84. The van der Waals surface area contributed by atoms with Crippen LogP contribution in [0.15, 0.2) is 59.5 Å². The van der Waals surface area contributed by atoms with E-state index < -0.39 is 16.1 Å². The van der Waals surface area contributed by atoms with Crippen molar-refractivity contribution in [1.29, 1.82) is 0 Å². The van der Waals surface area contributed by atoms with Gasteiger partial charge in [0, 0.05) is 31.6 Å². The van der Waals surface area contributed by atoms with Crippen LogP contribution in [0.25, 0.3) is 5.57 Å². The molecule has 1 heterocycles. The van der Waals surface area contributed by atoms with E-state index in [1.165, 1.54) is 15.4 Å². The maximum atomic E-state index is 13.6. The van der Waals surface area contributed by atoms with Crippen LogP contribution < -0.4 is 4.74 Å². The van der Waals surface area contributed by atoms with Gasteiger partial charge in [-0.05, 0) is 62.1 Å². The molecule has 1 aliphatic carbocycles. The lowest BCUT2D eigenvalue weighted by atomic mass is 10.0. The lowest BCUT2D eigenvalue weighted by molar-refractivity contribution is 0.0733. The smallest absolute Gasteiger partial charge is 0.247 e. The summed E-state index contributed by atoms with van der Waals surface area (Å²) in [5.74, 6) is 0.342. The number of nitrogens with zero attached hydrogens (tertiary/aromatic N) is 2. The van der Waals surface area contributed by atoms with Crippen molar-refractivity contribution in [2.75, 3.05) is 26.7 Å². The van der Waals surface area contributed by atoms with Crippen LogP contribution in [0.5, 0.6) is 5.75 Å². The number of aliphatic hydroxyl groups is 1. The number of ether oxygens (including phenoxy) is 1. The molecule has 2 aromatic carbocycles. The predicted molar refractivity (Wildman–Crippen MR) is 135 cm³/mol. The Kier molecular flexibility index (Phi) is 7.77. The van der Waals surface area contributed by atoms with Gasteiger partial charge in [-0.1, -0.05) is 49.4 Å². The van der Waals surface area contributed by atoms with E-state index in [-0.39, 0.29) is 23.5 Å². The zero-order chi connectivity index (χ0) is 24.3. The van der Waals surface area contributed by atoms with Gasteiger partial charge >= 0.3 is 0 Å². The topological polar surface area (TPSA) is 70.1 Å². The molecule has 0 fully saturated rings. The first-order chi connectivity index (χ1) is 16.3. The molecule has 0 aromatic heterocycles. The average molecular weight is 485 g/mol. The van der Waals surface area contributed by atoms with E-state index >= 15 is 0 Å². The fourth-order valence-corrected chi connectivity index (χ4v) is 6.67. The highest BCUT2D eigenvalue weighted by molar-refractivity contribution is 7.89. The number of sulfonamides is 1. The number of aliphatic hydroxyl groups excluding tert-OH is 1. The predicted octanol–water partition coefficient (Wildman–Crippen LogP) is 4.15. The molecule has 7 heteroatoms. The molecule has 3 atom stereocenters. The standard InChI is InChI=1S/C27H36N2O4S/c1-20-16-29(21(2)19-30)34(31,32)27-14-13-24(23-11-7-8-12-23)15-25(27)33-26(20)18-28(3)17-22-9-5-4-6-10-22/h4-6,9-11,13-15,20-21,26,30H,7-8,12,16-19H2,1-3H3/t20-,21+,26+/m0/s1. The minimum Gasteiger partial charge on any atom is -0.487 e. The summed E-state index contributed by atoms with van der Waals surface area (Å²) in [5, 5.41) is 9.83. The van der Waals surface area contributed by atoms with E-state index in [0.29, 0.717) is 18.8 Å². The first kappa shape index (κ1) is 24.9. The highest BCUT2D eigenvalue weighted by Crippen LogP contribution is 2.37. The summed E-state index contributed by atoms with van der Waals surface area (Å²) in [7, 11) is -1.75. The van der Waals surface area contributed by atoms with Crippen molar-refractivity contribution in [3.63, 3.8) is 0 Å². The summed E-state index contributed by atoms with van der Waals surface area (Å²) in [6.07, 6.45) is 5.20. The van der Waals surface area contributed by atoms with Crippen molar-refractivity contribution >= 4 is 15.6 Å². The van der Waals surface area contributed by atoms with Crippen molar-refractivity contribution < 1.29 is 18.3 Å². The Morgan fingerprint density at radius 2 is 1.97 bits per heavy atom. The number of fused-ring (bicyclic) bond motifs is 1. The Labute approximate surface area is 203 Å². The minimum absolute atomic E-state index is 0.0653. The Morgan fingerprint density at radius 1 is 1.21 bits per heavy atom. The second-order valence-corrected chi connectivity index (χ2v) is 11.6. The van der Waals surface area contributed by atoms with Gasteiger partial charge in [0.25, 0.3) is 0 Å². The van der Waals surface area contributed by atoms with Gasteiger partial charge in [0.1, 0.15) is 16.7 Å². The number of benzene rings is 2. The molecule has 1 aliphatic heterocycles. The molecule has 2 aliphatic rings. The van der Waals surface area contributed by atoms with Crippen LogP contribution in [0.2, 0.25) is 0 Å². The number of likely N-dealkylation sites (N-methyl/N-ethyl adjacent to an activating group) is 1. The molecule has 0 radical (unpaired) electrons. The SMILES string of the molecule is C[C@H](CO)N1C[C@H](C)[C@@H](CN(C)Cc2ccccc2)Oc2cc(C3=CCCC3)ccc2S1(=O)=O. The van der Waals surface area contributed by atoms with Crippen LogP contribution in [0.4, 0.5) is 0 Å². The summed E-state index contributed by atoms with van der Waals surface area (Å²) in [5.41, 5.74) is 3.49. The first-order valence-corrected chi connectivity index (χ1v) is 13.6. The molecule has 0 unspecified atom stereocenters. The second kappa shape index (κ2) is 10.6. The van der Waals surface area contributed by atoms with Crippen LogP contribution in [0, 0.1) is 5.92 Å². The van der Waals surface area contributed by atoms with Crippen LogP contribution in [-0.2, 0) is 16.6 Å². The molecule has 0 saturated heterocycles. The Balaban J connectivity index is 1.69. The quantitative estimate of drug-likeness (QED) is 0.639. The second-order valence-electron chi connectivity index (χ2n) is 9.71. The molecule has 0 bridgehead atoms. The molecule has 184 valence electrons. The zero-order valence-electron chi connectivity index (χ0n) is 20.4. The van der Waals surface area contributed by atoms with E-state index in [0.717, 1.165) is 31.4 Å². The van der Waals surface area contributed by atoms with E-state index in [9.17, 15) is 13.5 Å². The highest BCUT2D eigenvalue weighted by Gasteiger charge is 2.38. The summed E-state index contributed by atoms with van der Waals surface area (Å²) < 4.78 is 35.2. The molecule has 4 rings (SSSR count). The largest absolute Gasteiger partial charge is 0.487 e. The molecule has 1 N–H and O–H groups in total. The third-order valence-corrected chi connectivity index (χ3v) is 8.89. The van der Waals surface area contributed by atoms with E-state index in [1.54, 1.807) is 13.0 Å². The van der Waals surface area contributed by atoms with Crippen LogP contribution >= 0.6 is 0 Å². The third-order valence-electron chi connectivity index (χ3n) is 6.87. The number of hydrogen-bond donors (Lipinski definition) is 1. The van der Waals surface area contributed by atoms with Gasteiger partial charge in [-0.15, -0.1) is 0 Å². The first-order valence-electron chi connectivity index (χ1n) is 12.1. The van der Waals surface area contributed by atoms with Crippen molar-refractivity contribution in [2.45, 2.75) is 56.7 Å². The Bertz CT molecular complexity index is 1120. The number of allylic oxidation sites excluding steroid dienone is 2. The molecule has 34 heavy (non-hydrogen) atoms. The normalized spacial score (nSPS) is 23.5. The Hall–Kier alpha value is -2.19. The van der Waals surface area contributed by atoms with Crippen molar-refractivity contribution in [3.8, 4) is 5.75 Å². The molecule has 0 saturated carbocycles. The van der Waals surface area contributed by atoms with Gasteiger partial charge < -0.3 is 9.84 Å². The summed E-state index contributed by atoms with van der Waals surface area (Å²) in [4.78, 5) is 2.40. The van der Waals surface area contributed by atoms with Gasteiger partial charge in [0.15, 0.2) is 0 Å². The maximum Gasteiger partial charge on any atom is 0.247 e. The number of rotatable bonds is 7. The van der Waals surface area contributed by atoms with Crippen LogP contribution in [0.3, 0.4) is 0 Å². The lowest BCUT2D eigenvalue weighted by Crippen LogP contribution is -2.49. The van der Waals surface area contributed by atoms with Gasteiger partial charge in [-0.2, -0.15) is 4.31 Å². The lowest BCUT2D eigenvalue weighted by Gasteiger charge is -2.37. The van der Waals surface area contributed by atoms with Gasteiger partial charge in [-0.3, -0.25) is 4.90 Å². The van der Waals surface area contributed by atoms with Crippen molar-refractivity contribution in [2.24, 2.45) is 5.92 Å². The fraction of sp³-hybridized carbons (Fsp3) is 0.481.